The molecule has 0 aromatic carbocycles. The summed E-state index contributed by atoms with van der Waals surface area (Å²) in [6.45, 7) is 2.82. The third-order valence-corrected chi connectivity index (χ3v) is 1.78. The number of esters is 1. The first-order chi connectivity index (χ1) is 5.25. The van der Waals surface area contributed by atoms with Gasteiger partial charge in [0.25, 0.3) is 0 Å². The van der Waals surface area contributed by atoms with Crippen LogP contribution in [-0.4, -0.2) is 30.5 Å². The molecule has 11 heavy (non-hydrogen) atoms. The van der Waals surface area contributed by atoms with Crippen LogP contribution in [-0.2, 0) is 9.53 Å². The maximum absolute atomic E-state index is 11.0. The average molecular weight is 159 g/mol. The summed E-state index contributed by atoms with van der Waals surface area (Å²) in [5, 5.41) is 11.9. The van der Waals surface area contributed by atoms with Gasteiger partial charge in [-0.1, -0.05) is 0 Å². The summed E-state index contributed by atoms with van der Waals surface area (Å²) in [7, 11) is 0. The number of hydrogen-bond donors (Lipinski definition) is 2. The van der Waals surface area contributed by atoms with Gasteiger partial charge in [-0.05, 0) is 19.9 Å². The van der Waals surface area contributed by atoms with Crippen LogP contribution in [0.4, 0.5) is 0 Å². The Morgan fingerprint density at radius 1 is 1.82 bits per heavy atom. The van der Waals surface area contributed by atoms with Crippen molar-refractivity contribution in [1.82, 2.24) is 5.32 Å². The van der Waals surface area contributed by atoms with Crippen molar-refractivity contribution in [3.63, 3.8) is 0 Å². The largest absolute Gasteiger partial charge is 0.466 e. The van der Waals surface area contributed by atoms with Crippen LogP contribution in [0.3, 0.4) is 0 Å². The minimum Gasteiger partial charge on any atom is -0.466 e. The highest BCUT2D eigenvalue weighted by Gasteiger charge is 2.31. The molecule has 0 radical (unpaired) electrons. The zero-order chi connectivity index (χ0) is 8.27. The van der Waals surface area contributed by atoms with Gasteiger partial charge in [0.1, 0.15) is 6.23 Å². The van der Waals surface area contributed by atoms with Crippen LogP contribution < -0.4 is 5.32 Å². The van der Waals surface area contributed by atoms with E-state index in [-0.39, 0.29) is 11.9 Å². The molecule has 1 fully saturated rings. The summed E-state index contributed by atoms with van der Waals surface area (Å²) in [6, 6.07) is 0. The lowest BCUT2D eigenvalue weighted by Crippen LogP contribution is -2.31. The summed E-state index contributed by atoms with van der Waals surface area (Å²) in [5.41, 5.74) is 0. The van der Waals surface area contributed by atoms with Crippen molar-refractivity contribution in [1.29, 1.82) is 0 Å². The van der Waals surface area contributed by atoms with Gasteiger partial charge in [-0.2, -0.15) is 0 Å². The minimum absolute atomic E-state index is 0.301. The predicted octanol–water partition coefficient (Wildman–Crippen LogP) is -0.523. The third-order valence-electron chi connectivity index (χ3n) is 1.78. The first-order valence-corrected chi connectivity index (χ1v) is 3.83. The van der Waals surface area contributed by atoms with Crippen LogP contribution in [0.5, 0.6) is 0 Å². The van der Waals surface area contributed by atoms with E-state index >= 15 is 0 Å². The van der Waals surface area contributed by atoms with Crippen LogP contribution in [0, 0.1) is 5.92 Å². The molecule has 4 nitrogen and oxygen atoms in total. The molecule has 0 aliphatic carbocycles. The van der Waals surface area contributed by atoms with E-state index < -0.39 is 6.23 Å². The summed E-state index contributed by atoms with van der Waals surface area (Å²) in [4.78, 5) is 11.0. The van der Waals surface area contributed by atoms with Crippen molar-refractivity contribution in [2.45, 2.75) is 19.6 Å². The second-order valence-electron chi connectivity index (χ2n) is 2.55. The molecule has 0 bridgehead atoms. The molecule has 64 valence electrons. The maximum Gasteiger partial charge on any atom is 0.313 e. The molecule has 1 aliphatic rings. The fourth-order valence-electron chi connectivity index (χ4n) is 1.18. The molecule has 0 aromatic rings. The Bertz CT molecular complexity index is 149. The van der Waals surface area contributed by atoms with Gasteiger partial charge in [-0.3, -0.25) is 10.1 Å². The third kappa shape index (κ3) is 1.91. The van der Waals surface area contributed by atoms with Gasteiger partial charge >= 0.3 is 5.97 Å². The molecule has 1 rings (SSSR count). The van der Waals surface area contributed by atoms with Gasteiger partial charge in [-0.25, -0.2) is 0 Å². The first-order valence-electron chi connectivity index (χ1n) is 3.83. The molecule has 0 amide bonds. The van der Waals surface area contributed by atoms with Crippen molar-refractivity contribution in [3.05, 3.63) is 0 Å². The highest BCUT2D eigenvalue weighted by molar-refractivity contribution is 5.73. The lowest BCUT2D eigenvalue weighted by Gasteiger charge is -2.11. The van der Waals surface area contributed by atoms with Gasteiger partial charge in [0.2, 0.25) is 0 Å². The van der Waals surface area contributed by atoms with E-state index in [1.54, 1.807) is 6.92 Å². The summed E-state index contributed by atoms with van der Waals surface area (Å²) in [6.07, 6.45) is -0.0472. The molecule has 1 saturated heterocycles. The van der Waals surface area contributed by atoms with E-state index in [0.29, 0.717) is 19.6 Å². The second-order valence-corrected chi connectivity index (χ2v) is 2.55. The number of rotatable bonds is 2. The Morgan fingerprint density at radius 2 is 2.55 bits per heavy atom. The van der Waals surface area contributed by atoms with Crippen LogP contribution in [0.15, 0.2) is 0 Å². The Balaban J connectivity index is 2.39. The van der Waals surface area contributed by atoms with Crippen LogP contribution >= 0.6 is 0 Å². The van der Waals surface area contributed by atoms with E-state index in [1.165, 1.54) is 0 Å². The lowest BCUT2D eigenvalue weighted by molar-refractivity contribution is -0.151. The van der Waals surface area contributed by atoms with Gasteiger partial charge < -0.3 is 9.84 Å². The van der Waals surface area contributed by atoms with Crippen LogP contribution in [0.2, 0.25) is 0 Å². The average Bonchev–Trinajstić information content (AvgIpc) is 2.36. The smallest absolute Gasteiger partial charge is 0.313 e. The number of carbonyl (C=O) groups excluding carboxylic acids is 1. The van der Waals surface area contributed by atoms with Gasteiger partial charge in [-0.15, -0.1) is 0 Å². The lowest BCUT2D eigenvalue weighted by atomic mass is 10.1. The van der Waals surface area contributed by atoms with E-state index in [0.717, 1.165) is 0 Å². The number of carbonyl (C=O) groups is 1. The Labute approximate surface area is 65.5 Å². The minimum atomic E-state index is -0.714. The number of nitrogens with one attached hydrogen (secondary N) is 1. The Kier molecular flexibility index (Phi) is 2.84. The standard InChI is InChI=1S/C7H13NO3/c1-2-11-7(10)5-3-4-8-6(5)9/h5-6,8-9H,2-4H2,1H3. The van der Waals surface area contributed by atoms with Gasteiger partial charge in [0.05, 0.1) is 12.5 Å². The summed E-state index contributed by atoms with van der Waals surface area (Å²) >= 11 is 0. The molecular formula is C7H13NO3. The molecule has 0 spiro atoms. The van der Waals surface area contributed by atoms with Gasteiger partial charge in [0.15, 0.2) is 0 Å². The molecule has 2 atom stereocenters. The Hall–Kier alpha value is -0.610. The van der Waals surface area contributed by atoms with E-state index in [4.69, 9.17) is 4.74 Å². The highest BCUT2D eigenvalue weighted by Crippen LogP contribution is 2.14. The molecule has 0 saturated carbocycles. The molecule has 4 heteroatoms. The van der Waals surface area contributed by atoms with Crippen molar-refractivity contribution < 1.29 is 14.6 Å². The number of hydrogen-bond acceptors (Lipinski definition) is 4. The zero-order valence-corrected chi connectivity index (χ0v) is 6.54. The fourth-order valence-corrected chi connectivity index (χ4v) is 1.18. The van der Waals surface area contributed by atoms with Crippen LogP contribution in [0.1, 0.15) is 13.3 Å². The van der Waals surface area contributed by atoms with E-state index in [2.05, 4.69) is 5.32 Å². The molecule has 2 unspecified atom stereocenters. The van der Waals surface area contributed by atoms with Crippen LogP contribution in [0.25, 0.3) is 0 Å². The van der Waals surface area contributed by atoms with Gasteiger partial charge in [0, 0.05) is 0 Å². The van der Waals surface area contributed by atoms with Crippen molar-refractivity contribution in [2.75, 3.05) is 13.2 Å². The SMILES string of the molecule is CCOC(=O)C1CCNC1O. The second kappa shape index (κ2) is 3.69. The molecule has 1 heterocycles. The van der Waals surface area contributed by atoms with E-state index in [9.17, 15) is 9.90 Å². The zero-order valence-electron chi connectivity index (χ0n) is 6.54. The topological polar surface area (TPSA) is 58.6 Å². The summed E-state index contributed by atoms with van der Waals surface area (Å²) in [5.74, 6) is -0.667. The molecular weight excluding hydrogens is 146 g/mol. The number of aliphatic hydroxyl groups is 1. The normalized spacial score (nSPS) is 30.4. The highest BCUT2D eigenvalue weighted by atomic mass is 16.5. The number of ether oxygens (including phenoxy) is 1. The number of aliphatic hydroxyl groups excluding tert-OH is 1. The molecule has 1 aliphatic heterocycles. The van der Waals surface area contributed by atoms with Crippen molar-refractivity contribution in [2.24, 2.45) is 5.92 Å². The molecule has 2 N–H and O–H groups in total. The van der Waals surface area contributed by atoms with Crippen molar-refractivity contribution >= 4 is 5.97 Å². The fraction of sp³-hybridized carbons (Fsp3) is 0.857. The predicted molar refractivity (Wildman–Crippen MR) is 38.7 cm³/mol. The molecule has 0 aromatic heterocycles. The first kappa shape index (κ1) is 8.49. The summed E-state index contributed by atoms with van der Waals surface area (Å²) < 4.78 is 4.76. The quantitative estimate of drug-likeness (QED) is 0.532. The Morgan fingerprint density at radius 3 is 3.00 bits per heavy atom. The van der Waals surface area contributed by atoms with Crippen molar-refractivity contribution in [3.8, 4) is 0 Å². The van der Waals surface area contributed by atoms with E-state index in [1.807, 2.05) is 0 Å². The maximum atomic E-state index is 11.0. The monoisotopic (exact) mass is 159 g/mol.